The van der Waals surface area contributed by atoms with Crippen LogP contribution in [0, 0.1) is 11.2 Å². The number of amidine groups is 1. The molecule has 1 aromatic rings. The van der Waals surface area contributed by atoms with Gasteiger partial charge in [0, 0.05) is 6.54 Å². The Hall–Kier alpha value is -1.91. The number of rotatable bonds is 4. The molecule has 0 aromatic heterocycles. The van der Waals surface area contributed by atoms with Crippen molar-refractivity contribution >= 4 is 11.7 Å². The second-order valence-corrected chi connectivity index (χ2v) is 3.11. The molecule has 0 fully saturated rings. The van der Waals surface area contributed by atoms with E-state index in [0.29, 0.717) is 6.54 Å². The topological polar surface area (TPSA) is 79.0 Å². The summed E-state index contributed by atoms with van der Waals surface area (Å²) >= 11 is 0. The number of amides is 1. The zero-order valence-electron chi connectivity index (χ0n) is 8.09. The Labute approximate surface area is 86.8 Å². The summed E-state index contributed by atoms with van der Waals surface area (Å²) in [6.45, 7) is 0.312. The first kappa shape index (κ1) is 11.2. The molecule has 0 aliphatic heterocycles. The minimum Gasteiger partial charge on any atom is -0.387 e. The van der Waals surface area contributed by atoms with Gasteiger partial charge in [-0.2, -0.15) is 0 Å². The maximum absolute atomic E-state index is 12.5. The van der Waals surface area contributed by atoms with E-state index in [9.17, 15) is 9.18 Å². The van der Waals surface area contributed by atoms with E-state index >= 15 is 0 Å². The van der Waals surface area contributed by atoms with Crippen molar-refractivity contribution in [1.29, 1.82) is 5.41 Å². The van der Waals surface area contributed by atoms with E-state index in [0.717, 1.165) is 5.56 Å². The van der Waals surface area contributed by atoms with Crippen LogP contribution in [0.4, 0.5) is 4.39 Å². The van der Waals surface area contributed by atoms with Crippen molar-refractivity contribution in [1.82, 2.24) is 5.32 Å². The molecule has 1 amide bonds. The zero-order valence-corrected chi connectivity index (χ0v) is 8.09. The fourth-order valence-electron chi connectivity index (χ4n) is 1.04. The molecule has 5 heteroatoms. The average Bonchev–Trinajstić information content (AvgIpc) is 2.16. The number of halogens is 1. The third kappa shape index (κ3) is 4.21. The molecular formula is C10H12FN3O. The Morgan fingerprint density at radius 2 is 2.00 bits per heavy atom. The van der Waals surface area contributed by atoms with Gasteiger partial charge in [-0.05, 0) is 17.7 Å². The summed E-state index contributed by atoms with van der Waals surface area (Å²) in [5, 5.41) is 9.47. The molecule has 0 aliphatic carbocycles. The van der Waals surface area contributed by atoms with Crippen LogP contribution in [0.1, 0.15) is 12.0 Å². The average molecular weight is 209 g/mol. The lowest BCUT2D eigenvalue weighted by Crippen LogP contribution is -2.27. The molecule has 80 valence electrons. The smallest absolute Gasteiger partial charge is 0.227 e. The van der Waals surface area contributed by atoms with E-state index in [-0.39, 0.29) is 24.0 Å². The highest BCUT2D eigenvalue weighted by atomic mass is 19.1. The molecule has 4 N–H and O–H groups in total. The minimum absolute atomic E-state index is 0.110. The summed E-state index contributed by atoms with van der Waals surface area (Å²) < 4.78 is 12.5. The van der Waals surface area contributed by atoms with Gasteiger partial charge in [0.05, 0.1) is 12.3 Å². The van der Waals surface area contributed by atoms with E-state index in [1.54, 1.807) is 12.1 Å². The zero-order chi connectivity index (χ0) is 11.3. The van der Waals surface area contributed by atoms with Crippen LogP contribution < -0.4 is 11.1 Å². The number of hydrogen-bond acceptors (Lipinski definition) is 2. The first-order valence-electron chi connectivity index (χ1n) is 4.42. The summed E-state index contributed by atoms with van der Waals surface area (Å²) in [5.74, 6) is -0.799. The Bertz CT molecular complexity index is 361. The van der Waals surface area contributed by atoms with E-state index < -0.39 is 0 Å². The molecule has 0 atom stereocenters. The van der Waals surface area contributed by atoms with Gasteiger partial charge < -0.3 is 11.1 Å². The third-order valence-corrected chi connectivity index (χ3v) is 1.75. The number of hydrogen-bond donors (Lipinski definition) is 3. The first-order valence-corrected chi connectivity index (χ1v) is 4.42. The molecular weight excluding hydrogens is 197 g/mol. The van der Waals surface area contributed by atoms with Crippen molar-refractivity contribution < 1.29 is 9.18 Å². The van der Waals surface area contributed by atoms with Gasteiger partial charge >= 0.3 is 0 Å². The summed E-state index contributed by atoms with van der Waals surface area (Å²) in [6, 6.07) is 5.83. The SMILES string of the molecule is N=C(N)CC(=O)NCc1ccc(F)cc1. The van der Waals surface area contributed by atoms with Crippen molar-refractivity contribution in [3.8, 4) is 0 Å². The van der Waals surface area contributed by atoms with E-state index in [2.05, 4.69) is 5.32 Å². The predicted octanol–water partition coefficient (Wildman–Crippen LogP) is 0.768. The Morgan fingerprint density at radius 3 is 2.53 bits per heavy atom. The van der Waals surface area contributed by atoms with Gasteiger partial charge in [0.15, 0.2) is 0 Å². The second-order valence-electron chi connectivity index (χ2n) is 3.11. The highest BCUT2D eigenvalue weighted by Gasteiger charge is 2.02. The Balaban J connectivity index is 2.40. The quantitative estimate of drug-likeness (QED) is 0.505. The van der Waals surface area contributed by atoms with Crippen LogP contribution in [-0.2, 0) is 11.3 Å². The van der Waals surface area contributed by atoms with Crippen LogP contribution in [-0.4, -0.2) is 11.7 Å². The molecule has 0 spiro atoms. The van der Waals surface area contributed by atoms with Crippen molar-refractivity contribution in [2.24, 2.45) is 5.73 Å². The van der Waals surface area contributed by atoms with Crippen molar-refractivity contribution in [3.63, 3.8) is 0 Å². The number of carbonyl (C=O) groups excluding carboxylic acids is 1. The van der Waals surface area contributed by atoms with Gasteiger partial charge in [-0.3, -0.25) is 10.2 Å². The highest BCUT2D eigenvalue weighted by molar-refractivity contribution is 5.97. The largest absolute Gasteiger partial charge is 0.387 e. The molecule has 0 radical (unpaired) electrons. The van der Waals surface area contributed by atoms with Gasteiger partial charge in [0.25, 0.3) is 0 Å². The molecule has 1 rings (SSSR count). The fourth-order valence-corrected chi connectivity index (χ4v) is 1.04. The number of nitrogens with two attached hydrogens (primary N) is 1. The number of benzene rings is 1. The Morgan fingerprint density at radius 1 is 1.40 bits per heavy atom. The molecule has 0 unspecified atom stereocenters. The summed E-state index contributed by atoms with van der Waals surface area (Å²) in [4.78, 5) is 11.1. The molecule has 0 saturated carbocycles. The van der Waals surface area contributed by atoms with Crippen LogP contribution in [0.5, 0.6) is 0 Å². The Kier molecular flexibility index (Phi) is 3.79. The predicted molar refractivity (Wildman–Crippen MR) is 54.8 cm³/mol. The van der Waals surface area contributed by atoms with E-state index in [4.69, 9.17) is 11.1 Å². The standard InChI is InChI=1S/C10H12FN3O/c11-8-3-1-7(2-4-8)6-14-10(15)5-9(12)13/h1-4H,5-6H2,(H3,12,13)(H,14,15). The van der Waals surface area contributed by atoms with Crippen molar-refractivity contribution in [2.45, 2.75) is 13.0 Å². The molecule has 0 saturated heterocycles. The highest BCUT2D eigenvalue weighted by Crippen LogP contribution is 2.01. The van der Waals surface area contributed by atoms with E-state index in [1.807, 2.05) is 0 Å². The van der Waals surface area contributed by atoms with Crippen LogP contribution in [0.2, 0.25) is 0 Å². The lowest BCUT2D eigenvalue weighted by molar-refractivity contribution is -0.120. The maximum Gasteiger partial charge on any atom is 0.227 e. The van der Waals surface area contributed by atoms with Crippen LogP contribution in [0.3, 0.4) is 0 Å². The maximum atomic E-state index is 12.5. The molecule has 0 bridgehead atoms. The summed E-state index contributed by atoms with van der Waals surface area (Å²) in [5.41, 5.74) is 5.85. The number of nitrogens with one attached hydrogen (secondary N) is 2. The first-order chi connectivity index (χ1) is 7.08. The van der Waals surface area contributed by atoms with Crippen LogP contribution in [0.15, 0.2) is 24.3 Å². The monoisotopic (exact) mass is 209 g/mol. The van der Waals surface area contributed by atoms with Gasteiger partial charge in [-0.1, -0.05) is 12.1 Å². The molecule has 0 heterocycles. The normalized spacial score (nSPS) is 9.67. The van der Waals surface area contributed by atoms with Gasteiger partial charge in [0.2, 0.25) is 5.91 Å². The van der Waals surface area contributed by atoms with Crippen LogP contribution >= 0.6 is 0 Å². The van der Waals surface area contributed by atoms with Crippen LogP contribution in [0.25, 0.3) is 0 Å². The lowest BCUT2D eigenvalue weighted by Gasteiger charge is -2.04. The van der Waals surface area contributed by atoms with Gasteiger partial charge in [-0.15, -0.1) is 0 Å². The molecule has 1 aromatic carbocycles. The lowest BCUT2D eigenvalue weighted by atomic mass is 10.2. The minimum atomic E-state index is -0.313. The molecule has 15 heavy (non-hydrogen) atoms. The summed E-state index contributed by atoms with van der Waals surface area (Å²) in [7, 11) is 0. The van der Waals surface area contributed by atoms with Gasteiger partial charge in [-0.25, -0.2) is 4.39 Å². The number of carbonyl (C=O) groups is 1. The molecule has 4 nitrogen and oxygen atoms in total. The van der Waals surface area contributed by atoms with Crippen molar-refractivity contribution in [2.75, 3.05) is 0 Å². The third-order valence-electron chi connectivity index (χ3n) is 1.75. The summed E-state index contributed by atoms with van der Waals surface area (Å²) in [6.07, 6.45) is -0.110. The fraction of sp³-hybridized carbons (Fsp3) is 0.200. The second kappa shape index (κ2) is 5.09. The van der Waals surface area contributed by atoms with Crippen molar-refractivity contribution in [3.05, 3.63) is 35.6 Å². The molecule has 0 aliphatic rings. The van der Waals surface area contributed by atoms with E-state index in [1.165, 1.54) is 12.1 Å². The van der Waals surface area contributed by atoms with Gasteiger partial charge in [0.1, 0.15) is 5.82 Å².